The van der Waals surface area contributed by atoms with Gasteiger partial charge < -0.3 is 5.32 Å². The molecule has 1 aromatic heterocycles. The number of hydrogen-bond acceptors (Lipinski definition) is 4. The van der Waals surface area contributed by atoms with E-state index in [1.165, 1.54) is 42.6 Å². The van der Waals surface area contributed by atoms with Crippen molar-refractivity contribution < 1.29 is 13.2 Å². The Kier molecular flexibility index (Phi) is 5.90. The molecule has 130 valence electrons. The summed E-state index contributed by atoms with van der Waals surface area (Å²) in [6, 6.07) is 7.55. The van der Waals surface area contributed by atoms with Crippen molar-refractivity contribution in [3.63, 3.8) is 0 Å². The van der Waals surface area contributed by atoms with Gasteiger partial charge in [0.2, 0.25) is 0 Å². The SMILES string of the molecule is CC(C)CNC(=O)c1sccc1N(C)S(=O)(=O)c1ccc(Cl)cc1. The molecule has 0 spiro atoms. The highest BCUT2D eigenvalue weighted by atomic mass is 35.5. The quantitative estimate of drug-likeness (QED) is 0.824. The van der Waals surface area contributed by atoms with E-state index in [4.69, 9.17) is 11.6 Å². The first-order valence-electron chi connectivity index (χ1n) is 7.33. The molecule has 1 N–H and O–H groups in total. The molecular weight excluding hydrogens is 368 g/mol. The van der Waals surface area contributed by atoms with Crippen LogP contribution in [0.4, 0.5) is 5.69 Å². The minimum Gasteiger partial charge on any atom is -0.351 e. The Hall–Kier alpha value is -1.57. The average Bonchev–Trinajstić information content (AvgIpc) is 3.01. The maximum absolute atomic E-state index is 12.7. The number of anilines is 1. The Balaban J connectivity index is 2.30. The van der Waals surface area contributed by atoms with Crippen LogP contribution in [0.1, 0.15) is 23.5 Å². The van der Waals surface area contributed by atoms with Gasteiger partial charge in [0.05, 0.1) is 10.6 Å². The van der Waals surface area contributed by atoms with Crippen molar-refractivity contribution in [2.75, 3.05) is 17.9 Å². The van der Waals surface area contributed by atoms with E-state index in [1.807, 2.05) is 13.8 Å². The van der Waals surface area contributed by atoms with Crippen LogP contribution in [-0.2, 0) is 10.0 Å². The summed E-state index contributed by atoms with van der Waals surface area (Å²) >= 11 is 7.02. The lowest BCUT2D eigenvalue weighted by Gasteiger charge is -2.20. The van der Waals surface area contributed by atoms with E-state index in [0.29, 0.717) is 28.0 Å². The fourth-order valence-corrected chi connectivity index (χ4v) is 4.22. The van der Waals surface area contributed by atoms with Gasteiger partial charge in [0.15, 0.2) is 0 Å². The van der Waals surface area contributed by atoms with Gasteiger partial charge >= 0.3 is 0 Å². The summed E-state index contributed by atoms with van der Waals surface area (Å²) in [7, 11) is -2.33. The molecule has 0 aliphatic heterocycles. The third-order valence-corrected chi connectivity index (χ3v) is 6.27. The van der Waals surface area contributed by atoms with E-state index >= 15 is 0 Å². The van der Waals surface area contributed by atoms with Crippen LogP contribution in [-0.4, -0.2) is 27.9 Å². The fraction of sp³-hybridized carbons (Fsp3) is 0.312. The van der Waals surface area contributed by atoms with Gasteiger partial charge in [-0.2, -0.15) is 0 Å². The highest BCUT2D eigenvalue weighted by Crippen LogP contribution is 2.30. The minimum atomic E-state index is -3.76. The summed E-state index contributed by atoms with van der Waals surface area (Å²) in [6.45, 7) is 4.52. The first-order valence-corrected chi connectivity index (χ1v) is 10.0. The molecular formula is C16H19ClN2O3S2. The highest BCUT2D eigenvalue weighted by Gasteiger charge is 2.26. The second kappa shape index (κ2) is 7.55. The second-order valence-electron chi connectivity index (χ2n) is 5.67. The number of benzene rings is 1. The molecule has 0 aliphatic rings. The molecule has 2 rings (SSSR count). The number of rotatable bonds is 6. The van der Waals surface area contributed by atoms with E-state index < -0.39 is 10.0 Å². The Labute approximate surface area is 151 Å². The Bertz CT molecular complexity index is 814. The van der Waals surface area contributed by atoms with E-state index in [0.717, 1.165) is 4.31 Å². The van der Waals surface area contributed by atoms with E-state index in [-0.39, 0.29) is 10.8 Å². The molecule has 0 saturated heterocycles. The van der Waals surface area contributed by atoms with Crippen molar-refractivity contribution in [1.82, 2.24) is 5.32 Å². The van der Waals surface area contributed by atoms with Crippen LogP contribution < -0.4 is 9.62 Å². The lowest BCUT2D eigenvalue weighted by molar-refractivity contribution is 0.0953. The first-order chi connectivity index (χ1) is 11.2. The van der Waals surface area contributed by atoms with E-state index in [2.05, 4.69) is 5.32 Å². The van der Waals surface area contributed by atoms with Crippen molar-refractivity contribution in [2.24, 2.45) is 5.92 Å². The molecule has 8 heteroatoms. The second-order valence-corrected chi connectivity index (χ2v) is 8.99. The van der Waals surface area contributed by atoms with Gasteiger partial charge in [0.1, 0.15) is 4.88 Å². The van der Waals surface area contributed by atoms with Crippen LogP contribution in [0.5, 0.6) is 0 Å². The lowest BCUT2D eigenvalue weighted by atomic mass is 10.2. The predicted molar refractivity (Wildman–Crippen MR) is 98.5 cm³/mol. The number of amides is 1. The lowest BCUT2D eigenvalue weighted by Crippen LogP contribution is -2.31. The summed E-state index contributed by atoms with van der Waals surface area (Å²) < 4.78 is 26.6. The monoisotopic (exact) mass is 386 g/mol. The number of hydrogen-bond donors (Lipinski definition) is 1. The molecule has 1 aromatic carbocycles. The Morgan fingerprint density at radius 1 is 1.25 bits per heavy atom. The zero-order valence-corrected chi connectivity index (χ0v) is 16.0. The van der Waals surface area contributed by atoms with Crippen molar-refractivity contribution in [2.45, 2.75) is 18.7 Å². The zero-order valence-electron chi connectivity index (χ0n) is 13.6. The third-order valence-electron chi connectivity index (χ3n) is 3.33. The van der Waals surface area contributed by atoms with Crippen LogP contribution in [0.3, 0.4) is 0 Å². The molecule has 0 unspecified atom stereocenters. The number of nitrogens with zero attached hydrogens (tertiary/aromatic N) is 1. The molecule has 24 heavy (non-hydrogen) atoms. The van der Waals surface area contributed by atoms with Crippen molar-refractivity contribution in [3.05, 3.63) is 45.6 Å². The smallest absolute Gasteiger partial charge is 0.264 e. The summed E-state index contributed by atoms with van der Waals surface area (Å²) in [5.41, 5.74) is 0.358. The summed E-state index contributed by atoms with van der Waals surface area (Å²) in [6.07, 6.45) is 0. The van der Waals surface area contributed by atoms with Gasteiger partial charge in [-0.15, -0.1) is 11.3 Å². The molecule has 1 heterocycles. The summed E-state index contributed by atoms with van der Waals surface area (Å²) in [4.78, 5) is 12.8. The topological polar surface area (TPSA) is 66.5 Å². The number of halogens is 1. The maximum atomic E-state index is 12.7. The largest absolute Gasteiger partial charge is 0.351 e. The van der Waals surface area contributed by atoms with Crippen LogP contribution >= 0.6 is 22.9 Å². The molecule has 0 aliphatic carbocycles. The maximum Gasteiger partial charge on any atom is 0.264 e. The van der Waals surface area contributed by atoms with E-state index in [9.17, 15) is 13.2 Å². The van der Waals surface area contributed by atoms with Crippen molar-refractivity contribution in [3.8, 4) is 0 Å². The fourth-order valence-electron chi connectivity index (χ4n) is 1.99. The van der Waals surface area contributed by atoms with Crippen LogP contribution in [0.15, 0.2) is 40.6 Å². The van der Waals surface area contributed by atoms with Gasteiger partial charge in [0, 0.05) is 18.6 Å². The Morgan fingerprint density at radius 3 is 2.46 bits per heavy atom. The minimum absolute atomic E-state index is 0.120. The van der Waals surface area contributed by atoms with Crippen molar-refractivity contribution >= 4 is 44.6 Å². The first kappa shape index (κ1) is 18.8. The van der Waals surface area contributed by atoms with Crippen molar-refractivity contribution in [1.29, 1.82) is 0 Å². The molecule has 0 radical (unpaired) electrons. The molecule has 0 atom stereocenters. The van der Waals surface area contributed by atoms with Gasteiger partial charge in [-0.1, -0.05) is 25.4 Å². The standard InChI is InChI=1S/C16H19ClN2O3S2/c1-11(2)10-18-16(20)15-14(8-9-23-15)19(3)24(21,22)13-6-4-12(17)5-7-13/h4-9,11H,10H2,1-3H3,(H,18,20). The average molecular weight is 387 g/mol. The summed E-state index contributed by atoms with van der Waals surface area (Å²) in [5.74, 6) is 0.0414. The van der Waals surface area contributed by atoms with Gasteiger partial charge in [0.25, 0.3) is 15.9 Å². The molecule has 1 amide bonds. The number of thiophene rings is 1. The van der Waals surface area contributed by atoms with Crippen LogP contribution in [0.2, 0.25) is 5.02 Å². The number of nitrogens with one attached hydrogen (secondary N) is 1. The normalized spacial score (nSPS) is 11.5. The molecule has 2 aromatic rings. The van der Waals surface area contributed by atoms with Crippen LogP contribution in [0, 0.1) is 5.92 Å². The zero-order chi connectivity index (χ0) is 17.9. The van der Waals surface area contributed by atoms with Gasteiger partial charge in [-0.3, -0.25) is 9.10 Å². The number of carbonyl (C=O) groups is 1. The van der Waals surface area contributed by atoms with Gasteiger partial charge in [-0.25, -0.2) is 8.42 Å². The molecule has 0 fully saturated rings. The third kappa shape index (κ3) is 4.09. The number of sulfonamides is 1. The van der Waals surface area contributed by atoms with E-state index in [1.54, 1.807) is 11.4 Å². The Morgan fingerprint density at radius 2 is 1.88 bits per heavy atom. The molecule has 0 bridgehead atoms. The summed E-state index contributed by atoms with van der Waals surface area (Å²) in [5, 5.41) is 4.97. The highest BCUT2D eigenvalue weighted by molar-refractivity contribution is 7.92. The number of carbonyl (C=O) groups excluding carboxylic acids is 1. The van der Waals surface area contributed by atoms with Crippen LogP contribution in [0.25, 0.3) is 0 Å². The van der Waals surface area contributed by atoms with Gasteiger partial charge in [-0.05, 0) is 41.6 Å². The predicted octanol–water partition coefficient (Wildman–Crippen LogP) is 3.61. The molecule has 0 saturated carbocycles. The molecule has 5 nitrogen and oxygen atoms in total.